The van der Waals surface area contributed by atoms with Gasteiger partial charge in [-0.3, -0.25) is 9.59 Å². The van der Waals surface area contributed by atoms with E-state index in [0.717, 1.165) is 22.4 Å². The Morgan fingerprint density at radius 2 is 1.81 bits per heavy atom. The van der Waals surface area contributed by atoms with E-state index in [9.17, 15) is 9.59 Å². The smallest absolute Gasteiger partial charge is 0.251 e. The van der Waals surface area contributed by atoms with Gasteiger partial charge >= 0.3 is 0 Å². The van der Waals surface area contributed by atoms with Crippen molar-refractivity contribution in [2.24, 2.45) is 0 Å². The molecule has 2 aromatic carbocycles. The Morgan fingerprint density at radius 1 is 1.00 bits per heavy atom. The van der Waals surface area contributed by atoms with E-state index >= 15 is 0 Å². The molecule has 0 saturated carbocycles. The Morgan fingerprint density at radius 3 is 2.52 bits per heavy atom. The highest BCUT2D eigenvalue weighted by atomic mass is 32.1. The third-order valence-corrected chi connectivity index (χ3v) is 4.72. The fourth-order valence-corrected chi connectivity index (χ4v) is 3.20. The first-order valence-corrected chi connectivity index (χ1v) is 9.40. The number of thiophene rings is 1. The zero-order chi connectivity index (χ0) is 19.1. The van der Waals surface area contributed by atoms with Crippen molar-refractivity contribution in [3.63, 3.8) is 0 Å². The molecule has 5 nitrogen and oxygen atoms in total. The summed E-state index contributed by atoms with van der Waals surface area (Å²) in [4.78, 5) is 24.3. The number of ether oxygens (including phenoxy) is 1. The number of methoxy groups -OCH3 is 1. The number of hydrogen-bond acceptors (Lipinski definition) is 4. The van der Waals surface area contributed by atoms with Crippen LogP contribution >= 0.6 is 11.3 Å². The number of nitrogens with one attached hydrogen (secondary N) is 2. The maximum Gasteiger partial charge on any atom is 0.251 e. The highest BCUT2D eigenvalue weighted by molar-refractivity contribution is 7.08. The van der Waals surface area contributed by atoms with Gasteiger partial charge in [0.05, 0.1) is 13.7 Å². The first-order chi connectivity index (χ1) is 13.2. The maximum absolute atomic E-state index is 12.3. The van der Waals surface area contributed by atoms with E-state index in [1.807, 2.05) is 59.3 Å². The van der Waals surface area contributed by atoms with Crippen molar-refractivity contribution in [3.8, 4) is 16.9 Å². The minimum atomic E-state index is -0.272. The number of carbonyl (C=O) groups is 2. The fourth-order valence-electron chi connectivity index (χ4n) is 2.54. The molecule has 0 unspecified atom stereocenters. The normalized spacial score (nSPS) is 10.3. The summed E-state index contributed by atoms with van der Waals surface area (Å²) in [6.07, 6.45) is 0. The quantitative estimate of drug-likeness (QED) is 0.660. The Hall–Kier alpha value is -3.12. The van der Waals surface area contributed by atoms with E-state index in [4.69, 9.17) is 4.74 Å². The van der Waals surface area contributed by atoms with Gasteiger partial charge in [0.15, 0.2) is 0 Å². The SMILES string of the molecule is COc1ccc(CNC(=O)CNC(=O)c2cccc(-c3ccsc3)c2)cc1. The molecule has 3 aromatic rings. The van der Waals surface area contributed by atoms with Gasteiger partial charge < -0.3 is 15.4 Å². The van der Waals surface area contributed by atoms with Crippen molar-refractivity contribution < 1.29 is 14.3 Å². The van der Waals surface area contributed by atoms with Gasteiger partial charge in [0.2, 0.25) is 5.91 Å². The number of hydrogen-bond donors (Lipinski definition) is 2. The summed E-state index contributed by atoms with van der Waals surface area (Å²) in [5.74, 6) is 0.252. The average Bonchev–Trinajstić information content (AvgIpc) is 3.26. The summed E-state index contributed by atoms with van der Waals surface area (Å²) in [7, 11) is 1.61. The van der Waals surface area contributed by atoms with Crippen molar-refractivity contribution in [3.05, 3.63) is 76.5 Å². The summed E-state index contributed by atoms with van der Waals surface area (Å²) in [6, 6.07) is 16.8. The number of benzene rings is 2. The van der Waals surface area contributed by atoms with E-state index in [1.165, 1.54) is 0 Å². The molecule has 0 radical (unpaired) electrons. The number of carbonyl (C=O) groups excluding carboxylic acids is 2. The molecule has 0 bridgehead atoms. The lowest BCUT2D eigenvalue weighted by molar-refractivity contribution is -0.120. The Balaban J connectivity index is 1.49. The molecule has 0 spiro atoms. The molecule has 2 N–H and O–H groups in total. The molecule has 0 aliphatic heterocycles. The Kier molecular flexibility index (Phi) is 6.22. The minimum Gasteiger partial charge on any atom is -0.497 e. The summed E-state index contributed by atoms with van der Waals surface area (Å²) >= 11 is 1.61. The second kappa shape index (κ2) is 9.00. The van der Waals surface area contributed by atoms with Crippen LogP contribution in [0.2, 0.25) is 0 Å². The van der Waals surface area contributed by atoms with Gasteiger partial charge in [0.25, 0.3) is 5.91 Å². The molecule has 0 atom stereocenters. The minimum absolute atomic E-state index is 0.0718. The Labute approximate surface area is 162 Å². The van der Waals surface area contributed by atoms with Crippen LogP contribution in [0, 0.1) is 0 Å². The third kappa shape index (κ3) is 5.18. The zero-order valence-electron chi connectivity index (χ0n) is 14.9. The summed E-state index contributed by atoms with van der Waals surface area (Å²) in [5.41, 5.74) is 3.54. The molecule has 27 heavy (non-hydrogen) atoms. The Bertz CT molecular complexity index is 905. The van der Waals surface area contributed by atoms with E-state index in [0.29, 0.717) is 12.1 Å². The number of rotatable bonds is 7. The second-order valence-corrected chi connectivity index (χ2v) is 6.68. The molecule has 0 saturated heterocycles. The lowest BCUT2D eigenvalue weighted by Gasteiger charge is -2.08. The zero-order valence-corrected chi connectivity index (χ0v) is 15.7. The monoisotopic (exact) mass is 380 g/mol. The fraction of sp³-hybridized carbons (Fsp3) is 0.143. The van der Waals surface area contributed by atoms with E-state index in [1.54, 1.807) is 24.5 Å². The number of amides is 2. The molecule has 0 aliphatic carbocycles. The van der Waals surface area contributed by atoms with Crippen LogP contribution < -0.4 is 15.4 Å². The topological polar surface area (TPSA) is 67.4 Å². The predicted molar refractivity (Wildman–Crippen MR) is 107 cm³/mol. The van der Waals surface area contributed by atoms with Gasteiger partial charge in [-0.05, 0) is 57.8 Å². The molecule has 2 amide bonds. The van der Waals surface area contributed by atoms with Gasteiger partial charge in [-0.15, -0.1) is 0 Å². The molecule has 6 heteroatoms. The largest absolute Gasteiger partial charge is 0.497 e. The van der Waals surface area contributed by atoms with Crippen LogP contribution in [0.15, 0.2) is 65.4 Å². The standard InChI is InChI=1S/C21H20N2O3S/c1-26-19-7-5-15(6-8-19)12-22-20(24)13-23-21(25)17-4-2-3-16(11-17)18-9-10-27-14-18/h2-11,14H,12-13H2,1H3,(H,22,24)(H,23,25). The highest BCUT2D eigenvalue weighted by Crippen LogP contribution is 2.22. The molecular formula is C21H20N2O3S. The van der Waals surface area contributed by atoms with Crippen LogP contribution in [0.4, 0.5) is 0 Å². The second-order valence-electron chi connectivity index (χ2n) is 5.90. The van der Waals surface area contributed by atoms with Crippen LogP contribution in [-0.4, -0.2) is 25.5 Å². The predicted octanol–water partition coefficient (Wildman–Crippen LogP) is 3.47. The van der Waals surface area contributed by atoms with E-state index < -0.39 is 0 Å². The van der Waals surface area contributed by atoms with Crippen LogP contribution in [0.25, 0.3) is 11.1 Å². The lowest BCUT2D eigenvalue weighted by atomic mass is 10.1. The first-order valence-electron chi connectivity index (χ1n) is 8.46. The van der Waals surface area contributed by atoms with Gasteiger partial charge in [0.1, 0.15) is 5.75 Å². The molecular weight excluding hydrogens is 360 g/mol. The van der Waals surface area contributed by atoms with Crippen molar-refractivity contribution in [2.75, 3.05) is 13.7 Å². The lowest BCUT2D eigenvalue weighted by Crippen LogP contribution is -2.36. The average molecular weight is 380 g/mol. The van der Waals surface area contributed by atoms with Crippen molar-refractivity contribution in [2.45, 2.75) is 6.54 Å². The van der Waals surface area contributed by atoms with Gasteiger partial charge in [-0.2, -0.15) is 11.3 Å². The van der Waals surface area contributed by atoms with Gasteiger partial charge in [-0.1, -0.05) is 24.3 Å². The highest BCUT2D eigenvalue weighted by Gasteiger charge is 2.09. The molecule has 3 rings (SSSR count). The van der Waals surface area contributed by atoms with Crippen molar-refractivity contribution in [1.29, 1.82) is 0 Å². The van der Waals surface area contributed by atoms with Gasteiger partial charge in [-0.25, -0.2) is 0 Å². The van der Waals surface area contributed by atoms with Gasteiger partial charge in [0, 0.05) is 12.1 Å². The van der Waals surface area contributed by atoms with Crippen molar-refractivity contribution in [1.82, 2.24) is 10.6 Å². The molecule has 0 fully saturated rings. The van der Waals surface area contributed by atoms with E-state index in [2.05, 4.69) is 10.6 Å². The summed E-state index contributed by atoms with van der Waals surface area (Å²) in [5, 5.41) is 9.47. The molecule has 138 valence electrons. The van der Waals surface area contributed by atoms with Crippen LogP contribution in [-0.2, 0) is 11.3 Å². The third-order valence-electron chi connectivity index (χ3n) is 4.04. The van der Waals surface area contributed by atoms with Crippen LogP contribution in [0.3, 0.4) is 0 Å². The van der Waals surface area contributed by atoms with Crippen LogP contribution in [0.5, 0.6) is 5.75 Å². The summed E-state index contributed by atoms with van der Waals surface area (Å²) < 4.78 is 5.10. The maximum atomic E-state index is 12.3. The van der Waals surface area contributed by atoms with Crippen LogP contribution in [0.1, 0.15) is 15.9 Å². The first kappa shape index (κ1) is 18.7. The molecule has 0 aliphatic rings. The molecule has 1 heterocycles. The summed E-state index contributed by atoms with van der Waals surface area (Å²) in [6.45, 7) is 0.323. The van der Waals surface area contributed by atoms with E-state index in [-0.39, 0.29) is 18.4 Å². The van der Waals surface area contributed by atoms with Crippen molar-refractivity contribution >= 4 is 23.2 Å². The molecule has 1 aromatic heterocycles.